The Morgan fingerprint density at radius 3 is 2.52 bits per heavy atom. The minimum atomic E-state index is -4.41. The van der Waals surface area contributed by atoms with Crippen molar-refractivity contribution >= 4 is 6.29 Å². The number of benzene rings is 1. The summed E-state index contributed by atoms with van der Waals surface area (Å²) in [4.78, 5) is 15.1. The maximum absolute atomic E-state index is 12.7. The summed E-state index contributed by atoms with van der Waals surface area (Å²) in [6.45, 7) is 0. The van der Waals surface area contributed by atoms with Crippen LogP contribution in [-0.4, -0.2) is 16.4 Å². The van der Waals surface area contributed by atoms with Gasteiger partial charge in [0.2, 0.25) is 6.39 Å². The van der Waals surface area contributed by atoms with Crippen molar-refractivity contribution in [1.82, 2.24) is 10.1 Å². The molecule has 1 aromatic heterocycles. The standard InChI is InChI=1S/C16H11F3N2O2/c17-16(18,19)13-5-3-12(4-6-13)15(14-20-10-23-21-14)7-1-2-11(8-15)9-22/h1-6,8-10H,7H2. The zero-order chi connectivity index (χ0) is 16.5. The number of rotatable bonds is 3. The lowest BCUT2D eigenvalue weighted by atomic mass is 9.73. The minimum absolute atomic E-state index is 0.293. The van der Waals surface area contributed by atoms with E-state index in [4.69, 9.17) is 4.52 Å². The summed E-state index contributed by atoms with van der Waals surface area (Å²) in [7, 11) is 0. The van der Waals surface area contributed by atoms with Crippen LogP contribution in [0.25, 0.3) is 0 Å². The van der Waals surface area contributed by atoms with Gasteiger partial charge < -0.3 is 4.52 Å². The quantitative estimate of drug-likeness (QED) is 0.813. The number of carbonyl (C=O) groups is 1. The summed E-state index contributed by atoms with van der Waals surface area (Å²) in [5.41, 5.74) is -0.714. The van der Waals surface area contributed by atoms with Crippen molar-refractivity contribution in [3.63, 3.8) is 0 Å². The van der Waals surface area contributed by atoms with Gasteiger partial charge in [-0.3, -0.25) is 4.79 Å². The van der Waals surface area contributed by atoms with E-state index in [2.05, 4.69) is 10.1 Å². The molecule has 3 rings (SSSR count). The maximum atomic E-state index is 12.7. The van der Waals surface area contributed by atoms with Gasteiger partial charge in [-0.25, -0.2) is 0 Å². The van der Waals surface area contributed by atoms with Gasteiger partial charge in [-0.2, -0.15) is 18.2 Å². The van der Waals surface area contributed by atoms with Gasteiger partial charge in [-0.05, 0) is 24.1 Å². The first-order valence-electron chi connectivity index (χ1n) is 6.75. The van der Waals surface area contributed by atoms with Crippen molar-refractivity contribution in [2.75, 3.05) is 0 Å². The molecule has 0 N–H and O–H groups in total. The third-order valence-corrected chi connectivity index (χ3v) is 3.79. The first-order valence-corrected chi connectivity index (χ1v) is 6.75. The van der Waals surface area contributed by atoms with Gasteiger partial charge in [0.05, 0.1) is 11.0 Å². The summed E-state index contributed by atoms with van der Waals surface area (Å²) in [6, 6.07) is 4.75. The van der Waals surface area contributed by atoms with E-state index in [1.807, 2.05) is 0 Å². The van der Waals surface area contributed by atoms with E-state index >= 15 is 0 Å². The largest absolute Gasteiger partial charge is 0.416 e. The number of hydrogen-bond donors (Lipinski definition) is 0. The fraction of sp³-hybridized carbons (Fsp3) is 0.188. The monoisotopic (exact) mass is 320 g/mol. The molecule has 0 saturated heterocycles. The van der Waals surface area contributed by atoms with E-state index in [-0.39, 0.29) is 0 Å². The lowest BCUT2D eigenvalue weighted by Crippen LogP contribution is -2.28. The Morgan fingerprint density at radius 2 is 1.96 bits per heavy atom. The molecular formula is C16H11F3N2O2. The highest BCUT2D eigenvalue weighted by Gasteiger charge is 2.38. The van der Waals surface area contributed by atoms with Crippen molar-refractivity contribution in [3.8, 4) is 0 Å². The molecule has 0 amide bonds. The topological polar surface area (TPSA) is 56.0 Å². The van der Waals surface area contributed by atoms with Gasteiger partial charge >= 0.3 is 6.18 Å². The second-order valence-corrected chi connectivity index (χ2v) is 5.17. The molecule has 0 aliphatic heterocycles. The average Bonchev–Trinajstić information content (AvgIpc) is 3.09. The van der Waals surface area contributed by atoms with Crippen LogP contribution in [0.1, 0.15) is 23.4 Å². The Hall–Kier alpha value is -2.70. The molecule has 1 aliphatic rings. The van der Waals surface area contributed by atoms with Crippen LogP contribution < -0.4 is 0 Å². The van der Waals surface area contributed by atoms with Gasteiger partial charge in [0.25, 0.3) is 0 Å². The maximum Gasteiger partial charge on any atom is 0.416 e. The molecule has 1 aromatic carbocycles. The predicted octanol–water partition coefficient (Wildman–Crippen LogP) is 3.46. The zero-order valence-corrected chi connectivity index (χ0v) is 11.7. The molecule has 0 fully saturated rings. The average molecular weight is 320 g/mol. The van der Waals surface area contributed by atoms with Crippen molar-refractivity contribution in [2.24, 2.45) is 0 Å². The lowest BCUT2D eigenvalue weighted by molar-refractivity contribution is -0.137. The van der Waals surface area contributed by atoms with E-state index in [1.54, 1.807) is 18.2 Å². The molecule has 1 heterocycles. The third-order valence-electron chi connectivity index (χ3n) is 3.79. The van der Waals surface area contributed by atoms with E-state index in [1.165, 1.54) is 12.1 Å². The third kappa shape index (κ3) is 2.69. The van der Waals surface area contributed by atoms with Crippen LogP contribution in [0.4, 0.5) is 13.2 Å². The highest BCUT2D eigenvalue weighted by molar-refractivity contribution is 5.79. The second-order valence-electron chi connectivity index (χ2n) is 5.17. The molecule has 0 spiro atoms. The molecule has 1 unspecified atom stereocenters. The van der Waals surface area contributed by atoms with Crippen molar-refractivity contribution in [2.45, 2.75) is 18.0 Å². The lowest BCUT2D eigenvalue weighted by Gasteiger charge is -2.29. The Kier molecular flexibility index (Phi) is 3.63. The number of aldehydes is 1. The molecular weight excluding hydrogens is 309 g/mol. The summed E-state index contributed by atoms with van der Waals surface area (Å²) in [5, 5.41) is 3.83. The van der Waals surface area contributed by atoms with Gasteiger partial charge in [0.15, 0.2) is 5.82 Å². The molecule has 0 bridgehead atoms. The fourth-order valence-electron chi connectivity index (χ4n) is 2.66. The molecule has 118 valence electrons. The fourth-order valence-corrected chi connectivity index (χ4v) is 2.66. The molecule has 1 atom stereocenters. The molecule has 1 aliphatic carbocycles. The van der Waals surface area contributed by atoms with Gasteiger partial charge in [0.1, 0.15) is 6.29 Å². The number of alkyl halides is 3. The highest BCUT2D eigenvalue weighted by atomic mass is 19.4. The highest BCUT2D eigenvalue weighted by Crippen LogP contribution is 2.40. The van der Waals surface area contributed by atoms with Crippen LogP contribution >= 0.6 is 0 Å². The number of halogens is 3. The summed E-state index contributed by atoms with van der Waals surface area (Å²) in [6.07, 6.45) is 2.88. The van der Waals surface area contributed by atoms with Crippen LogP contribution in [0.15, 0.2) is 59.0 Å². The van der Waals surface area contributed by atoms with Gasteiger partial charge in [-0.15, -0.1) is 0 Å². The van der Waals surface area contributed by atoms with E-state index in [0.29, 0.717) is 29.7 Å². The molecule has 7 heteroatoms. The van der Waals surface area contributed by atoms with Crippen LogP contribution in [0.2, 0.25) is 0 Å². The number of allylic oxidation sites excluding steroid dienone is 4. The summed E-state index contributed by atoms with van der Waals surface area (Å²) < 4.78 is 43.0. The van der Waals surface area contributed by atoms with Crippen LogP contribution in [0, 0.1) is 0 Å². The van der Waals surface area contributed by atoms with Crippen molar-refractivity contribution in [1.29, 1.82) is 0 Å². The Bertz CT molecular complexity index is 762. The van der Waals surface area contributed by atoms with E-state index < -0.39 is 17.2 Å². The number of hydrogen-bond acceptors (Lipinski definition) is 4. The zero-order valence-electron chi connectivity index (χ0n) is 11.7. The SMILES string of the molecule is O=CC1=CC(c2ccc(C(F)(F)F)cc2)(c2ncon2)CC=C1. The Balaban J connectivity index is 2.12. The summed E-state index contributed by atoms with van der Waals surface area (Å²) in [5.74, 6) is 0.293. The Labute approximate surface area is 129 Å². The number of carbonyl (C=O) groups excluding carboxylic acids is 1. The molecule has 0 saturated carbocycles. The predicted molar refractivity (Wildman–Crippen MR) is 74.4 cm³/mol. The number of nitrogens with zero attached hydrogens (tertiary/aromatic N) is 2. The molecule has 23 heavy (non-hydrogen) atoms. The van der Waals surface area contributed by atoms with E-state index in [9.17, 15) is 18.0 Å². The summed E-state index contributed by atoms with van der Waals surface area (Å²) >= 11 is 0. The first-order chi connectivity index (χ1) is 11.0. The molecule has 0 radical (unpaired) electrons. The van der Waals surface area contributed by atoms with E-state index in [0.717, 1.165) is 18.5 Å². The molecule has 2 aromatic rings. The number of aromatic nitrogens is 2. The van der Waals surface area contributed by atoms with Crippen LogP contribution in [-0.2, 0) is 16.4 Å². The van der Waals surface area contributed by atoms with Gasteiger partial charge in [0, 0.05) is 5.57 Å². The van der Waals surface area contributed by atoms with Crippen LogP contribution in [0.5, 0.6) is 0 Å². The smallest absolute Gasteiger partial charge is 0.343 e. The van der Waals surface area contributed by atoms with Crippen LogP contribution in [0.3, 0.4) is 0 Å². The van der Waals surface area contributed by atoms with Crippen molar-refractivity contribution in [3.05, 3.63) is 71.4 Å². The first kappa shape index (κ1) is 15.2. The second kappa shape index (κ2) is 5.49. The Morgan fingerprint density at radius 1 is 1.22 bits per heavy atom. The van der Waals surface area contributed by atoms with Gasteiger partial charge in [-0.1, -0.05) is 35.5 Å². The normalized spacial score (nSPS) is 21.1. The molecule has 4 nitrogen and oxygen atoms in total. The van der Waals surface area contributed by atoms with Crippen molar-refractivity contribution < 1.29 is 22.5 Å². The minimum Gasteiger partial charge on any atom is -0.343 e.